The van der Waals surface area contributed by atoms with Crippen LogP contribution >= 0.6 is 0 Å². The van der Waals surface area contributed by atoms with Crippen molar-refractivity contribution in [3.63, 3.8) is 0 Å². The summed E-state index contributed by atoms with van der Waals surface area (Å²) in [5.41, 5.74) is 0.833. The Kier molecular flexibility index (Phi) is 1.88. The molecule has 0 aliphatic carbocycles. The maximum absolute atomic E-state index is 4.86. The molecule has 4 nitrogen and oxygen atoms in total. The molecule has 0 amide bonds. The van der Waals surface area contributed by atoms with Crippen molar-refractivity contribution in [3.05, 3.63) is 37.0 Å². The molecule has 0 atom stereocenters. The largest absolute Gasteiger partial charge is 0.334 e. The number of hydrogen-bond acceptors (Lipinski definition) is 4. The van der Waals surface area contributed by atoms with Crippen LogP contribution in [0.2, 0.25) is 0 Å². The summed E-state index contributed by atoms with van der Waals surface area (Å²) in [5, 5.41) is 3.76. The third-order valence-electron chi connectivity index (χ3n) is 1.54. The van der Waals surface area contributed by atoms with Gasteiger partial charge in [0, 0.05) is 18.0 Å². The molecule has 0 saturated carbocycles. The van der Waals surface area contributed by atoms with Gasteiger partial charge in [0.05, 0.1) is 0 Å². The van der Waals surface area contributed by atoms with Crippen LogP contribution in [0.1, 0.15) is 5.89 Å². The van der Waals surface area contributed by atoms with Crippen LogP contribution in [0.5, 0.6) is 0 Å². The summed E-state index contributed by atoms with van der Waals surface area (Å²) in [4.78, 5) is 8.01. The summed E-state index contributed by atoms with van der Waals surface area (Å²) < 4.78 is 4.86. The van der Waals surface area contributed by atoms with Crippen LogP contribution < -0.4 is 0 Å². The van der Waals surface area contributed by atoms with Crippen molar-refractivity contribution >= 4 is 6.08 Å². The van der Waals surface area contributed by atoms with Crippen LogP contribution in [0.3, 0.4) is 0 Å². The second-order valence-electron chi connectivity index (χ2n) is 2.40. The predicted molar refractivity (Wildman–Crippen MR) is 47.6 cm³/mol. The molecule has 64 valence electrons. The molecule has 0 fully saturated rings. The number of pyridine rings is 1. The van der Waals surface area contributed by atoms with Gasteiger partial charge in [-0.2, -0.15) is 4.98 Å². The summed E-state index contributed by atoms with van der Waals surface area (Å²) in [6.45, 7) is 3.53. The first-order chi connectivity index (χ1) is 6.40. The van der Waals surface area contributed by atoms with Gasteiger partial charge in [0.25, 0.3) is 0 Å². The van der Waals surface area contributed by atoms with E-state index in [9.17, 15) is 0 Å². The van der Waals surface area contributed by atoms with Gasteiger partial charge in [-0.25, -0.2) is 0 Å². The zero-order valence-corrected chi connectivity index (χ0v) is 6.84. The summed E-state index contributed by atoms with van der Waals surface area (Å²) in [5.74, 6) is 0.946. The van der Waals surface area contributed by atoms with E-state index in [1.54, 1.807) is 12.4 Å². The highest BCUT2D eigenvalue weighted by Gasteiger charge is 2.04. The Hall–Kier alpha value is -1.97. The van der Waals surface area contributed by atoms with Crippen molar-refractivity contribution in [2.75, 3.05) is 0 Å². The SMILES string of the molecule is C=Cc1nc(-c2cccnc2)no1. The van der Waals surface area contributed by atoms with Gasteiger partial charge in [0.1, 0.15) is 0 Å². The zero-order chi connectivity index (χ0) is 9.10. The molecule has 0 spiro atoms. The Bertz CT molecular complexity index is 408. The minimum atomic E-state index is 0.416. The third-order valence-corrected chi connectivity index (χ3v) is 1.54. The van der Waals surface area contributed by atoms with E-state index < -0.39 is 0 Å². The van der Waals surface area contributed by atoms with E-state index in [4.69, 9.17) is 4.52 Å². The first-order valence-corrected chi connectivity index (χ1v) is 3.76. The molecule has 13 heavy (non-hydrogen) atoms. The topological polar surface area (TPSA) is 51.8 Å². The number of nitrogens with zero attached hydrogens (tertiary/aromatic N) is 3. The highest BCUT2D eigenvalue weighted by molar-refractivity contribution is 5.53. The van der Waals surface area contributed by atoms with E-state index in [1.807, 2.05) is 12.1 Å². The van der Waals surface area contributed by atoms with Crippen LogP contribution in [-0.2, 0) is 0 Å². The van der Waals surface area contributed by atoms with Gasteiger partial charge < -0.3 is 4.52 Å². The van der Waals surface area contributed by atoms with Crippen LogP contribution in [0.15, 0.2) is 35.6 Å². The van der Waals surface area contributed by atoms with Gasteiger partial charge in [-0.1, -0.05) is 11.7 Å². The Morgan fingerprint density at radius 2 is 2.38 bits per heavy atom. The molecule has 0 aromatic carbocycles. The maximum Gasteiger partial charge on any atom is 0.250 e. The lowest BCUT2D eigenvalue weighted by Gasteiger charge is -1.88. The quantitative estimate of drug-likeness (QED) is 0.694. The normalized spacial score (nSPS) is 9.85. The van der Waals surface area contributed by atoms with Crippen molar-refractivity contribution < 1.29 is 4.52 Å². The van der Waals surface area contributed by atoms with Crippen molar-refractivity contribution in [3.8, 4) is 11.4 Å². The Labute approximate surface area is 74.9 Å². The third kappa shape index (κ3) is 1.46. The minimum absolute atomic E-state index is 0.416. The predicted octanol–water partition coefficient (Wildman–Crippen LogP) is 1.77. The minimum Gasteiger partial charge on any atom is -0.334 e. The van der Waals surface area contributed by atoms with Gasteiger partial charge in [0.2, 0.25) is 11.7 Å². The number of rotatable bonds is 2. The summed E-state index contributed by atoms with van der Waals surface area (Å²) >= 11 is 0. The lowest BCUT2D eigenvalue weighted by atomic mass is 10.3. The van der Waals surface area contributed by atoms with Gasteiger partial charge in [0.15, 0.2) is 0 Å². The smallest absolute Gasteiger partial charge is 0.250 e. The first-order valence-electron chi connectivity index (χ1n) is 3.76. The van der Waals surface area contributed by atoms with Crippen molar-refractivity contribution in [1.82, 2.24) is 15.1 Å². The van der Waals surface area contributed by atoms with Gasteiger partial charge in [-0.05, 0) is 18.2 Å². The van der Waals surface area contributed by atoms with Crippen molar-refractivity contribution in [2.45, 2.75) is 0 Å². The average Bonchev–Trinajstić information content (AvgIpc) is 2.67. The standard InChI is InChI=1S/C9H7N3O/c1-2-8-11-9(12-13-8)7-4-3-5-10-6-7/h2-6H,1H2. The maximum atomic E-state index is 4.86. The van der Waals surface area contributed by atoms with Crippen LogP contribution in [-0.4, -0.2) is 15.1 Å². The van der Waals surface area contributed by atoms with E-state index in [-0.39, 0.29) is 0 Å². The molecule has 0 bridgehead atoms. The molecule has 0 saturated heterocycles. The Balaban J connectivity index is 2.41. The van der Waals surface area contributed by atoms with E-state index >= 15 is 0 Å². The molecule has 0 N–H and O–H groups in total. The fourth-order valence-electron chi connectivity index (χ4n) is 0.930. The van der Waals surface area contributed by atoms with Gasteiger partial charge >= 0.3 is 0 Å². The highest BCUT2D eigenvalue weighted by Crippen LogP contribution is 2.13. The lowest BCUT2D eigenvalue weighted by molar-refractivity contribution is 0.411. The molecule has 4 heteroatoms. The molecule has 2 aromatic heterocycles. The summed E-state index contributed by atoms with van der Waals surface area (Å²) in [6, 6.07) is 3.68. The fourth-order valence-corrected chi connectivity index (χ4v) is 0.930. The molecule has 2 rings (SSSR count). The molecule has 0 radical (unpaired) electrons. The number of aromatic nitrogens is 3. The molecule has 2 aromatic rings. The van der Waals surface area contributed by atoms with Crippen LogP contribution in [0.4, 0.5) is 0 Å². The molecule has 2 heterocycles. The highest BCUT2D eigenvalue weighted by atomic mass is 16.5. The van der Waals surface area contributed by atoms with Crippen molar-refractivity contribution in [1.29, 1.82) is 0 Å². The summed E-state index contributed by atoms with van der Waals surface area (Å²) in [6.07, 6.45) is 4.88. The van der Waals surface area contributed by atoms with Gasteiger partial charge in [-0.3, -0.25) is 4.98 Å². The Morgan fingerprint density at radius 3 is 3.00 bits per heavy atom. The molecule has 0 unspecified atom stereocenters. The van der Waals surface area contributed by atoms with Crippen LogP contribution in [0.25, 0.3) is 17.5 Å². The second-order valence-corrected chi connectivity index (χ2v) is 2.40. The molecule has 0 aliphatic rings. The van der Waals surface area contributed by atoms with E-state index in [1.165, 1.54) is 6.08 Å². The monoisotopic (exact) mass is 173 g/mol. The molecular formula is C9H7N3O. The molecule has 0 aliphatic heterocycles. The number of hydrogen-bond donors (Lipinski definition) is 0. The second kappa shape index (κ2) is 3.18. The zero-order valence-electron chi connectivity index (χ0n) is 6.84. The fraction of sp³-hybridized carbons (Fsp3) is 0. The van der Waals surface area contributed by atoms with Crippen LogP contribution in [0, 0.1) is 0 Å². The van der Waals surface area contributed by atoms with Crippen molar-refractivity contribution in [2.24, 2.45) is 0 Å². The van der Waals surface area contributed by atoms with E-state index in [2.05, 4.69) is 21.7 Å². The first kappa shape index (κ1) is 7.67. The van der Waals surface area contributed by atoms with E-state index in [0.29, 0.717) is 11.7 Å². The van der Waals surface area contributed by atoms with E-state index in [0.717, 1.165) is 5.56 Å². The van der Waals surface area contributed by atoms with Gasteiger partial charge in [-0.15, -0.1) is 0 Å². The Morgan fingerprint density at radius 1 is 1.46 bits per heavy atom. The average molecular weight is 173 g/mol. The summed E-state index contributed by atoms with van der Waals surface area (Å²) in [7, 11) is 0. The lowest BCUT2D eigenvalue weighted by Crippen LogP contribution is -1.80. The molecular weight excluding hydrogens is 166 g/mol.